The van der Waals surface area contributed by atoms with Gasteiger partial charge in [0.15, 0.2) is 17.5 Å². The van der Waals surface area contributed by atoms with E-state index in [2.05, 4.69) is 96.0 Å². The summed E-state index contributed by atoms with van der Waals surface area (Å²) in [5, 5.41) is 2.17. The molecule has 0 atom stereocenters. The second-order valence-corrected chi connectivity index (χ2v) is 11.0. The van der Waals surface area contributed by atoms with E-state index < -0.39 is 0 Å². The molecule has 0 fully saturated rings. The summed E-state index contributed by atoms with van der Waals surface area (Å²) in [5.41, 5.74) is 9.14. The lowest BCUT2D eigenvalue weighted by Crippen LogP contribution is -2.00. The first kappa shape index (κ1) is 27.2. The van der Waals surface area contributed by atoms with Gasteiger partial charge in [0.1, 0.15) is 0 Å². The molecule has 0 aliphatic rings. The Labute approximate surface area is 267 Å². The minimum absolute atomic E-state index is 0.629. The molecule has 8 aromatic rings. The van der Waals surface area contributed by atoms with Crippen LogP contribution in [0, 0.1) is 0 Å². The van der Waals surface area contributed by atoms with Crippen LogP contribution >= 0.6 is 0 Å². The molecule has 0 unspecified atom stereocenters. The molecular formula is C41H27N5. The molecule has 3 heterocycles. The zero-order valence-electron chi connectivity index (χ0n) is 24.8. The van der Waals surface area contributed by atoms with Gasteiger partial charge in [-0.3, -0.25) is 9.97 Å². The lowest BCUT2D eigenvalue weighted by atomic mass is 9.95. The fraction of sp³-hybridized carbons (Fsp3) is 0. The topological polar surface area (TPSA) is 64.5 Å². The minimum Gasteiger partial charge on any atom is -0.264 e. The molecule has 0 aliphatic heterocycles. The summed E-state index contributed by atoms with van der Waals surface area (Å²) in [6, 6.07) is 49.6. The standard InChI is InChI=1S/C41H27N5/c1-3-10-28(11-4-1)29-17-19-31(20-18-29)40-44-39(30-12-5-2-6-13-30)45-41(46-40)37-23-22-34(35-15-7-8-16-36(35)37)32-21-24-38(43-27-32)33-14-9-25-42-26-33/h1-27H. The maximum absolute atomic E-state index is 5.06. The lowest BCUT2D eigenvalue weighted by Gasteiger charge is -2.13. The Bertz CT molecular complexity index is 2270. The van der Waals surface area contributed by atoms with Gasteiger partial charge in [-0.25, -0.2) is 15.0 Å². The molecule has 5 heteroatoms. The first-order chi connectivity index (χ1) is 22.8. The second-order valence-electron chi connectivity index (χ2n) is 11.0. The van der Waals surface area contributed by atoms with Crippen molar-refractivity contribution >= 4 is 10.8 Å². The van der Waals surface area contributed by atoms with Gasteiger partial charge in [0.05, 0.1) is 5.69 Å². The fourth-order valence-electron chi connectivity index (χ4n) is 5.77. The van der Waals surface area contributed by atoms with Gasteiger partial charge in [0.2, 0.25) is 0 Å². The molecular weight excluding hydrogens is 562 g/mol. The molecule has 216 valence electrons. The van der Waals surface area contributed by atoms with E-state index in [-0.39, 0.29) is 0 Å². The van der Waals surface area contributed by atoms with Crippen molar-refractivity contribution in [3.63, 3.8) is 0 Å². The van der Waals surface area contributed by atoms with Gasteiger partial charge in [-0.15, -0.1) is 0 Å². The van der Waals surface area contributed by atoms with Crippen molar-refractivity contribution in [1.29, 1.82) is 0 Å². The summed E-state index contributed by atoms with van der Waals surface area (Å²) in [6.45, 7) is 0. The molecule has 0 saturated heterocycles. The zero-order valence-corrected chi connectivity index (χ0v) is 24.8. The molecule has 0 radical (unpaired) electrons. The molecule has 0 saturated carbocycles. The Hall–Kier alpha value is -6.33. The average molecular weight is 590 g/mol. The van der Waals surface area contributed by atoms with Gasteiger partial charge in [-0.2, -0.15) is 0 Å². The van der Waals surface area contributed by atoms with E-state index >= 15 is 0 Å². The Kier molecular flexibility index (Phi) is 7.09. The third kappa shape index (κ3) is 5.31. The molecule has 3 aromatic heterocycles. The number of rotatable bonds is 6. The smallest absolute Gasteiger partial charge is 0.164 e. The maximum atomic E-state index is 5.06. The summed E-state index contributed by atoms with van der Waals surface area (Å²) in [4.78, 5) is 24.0. The molecule has 0 spiro atoms. The average Bonchev–Trinajstić information content (AvgIpc) is 3.15. The molecule has 5 aromatic carbocycles. The van der Waals surface area contributed by atoms with Gasteiger partial charge >= 0.3 is 0 Å². The van der Waals surface area contributed by atoms with Crippen molar-refractivity contribution in [2.75, 3.05) is 0 Å². The van der Waals surface area contributed by atoms with Crippen LogP contribution in [-0.4, -0.2) is 24.9 Å². The molecule has 0 aliphatic carbocycles. The third-order valence-corrected chi connectivity index (χ3v) is 8.11. The Morgan fingerprint density at radius 3 is 1.50 bits per heavy atom. The number of benzene rings is 5. The summed E-state index contributed by atoms with van der Waals surface area (Å²) in [7, 11) is 0. The van der Waals surface area contributed by atoms with Crippen molar-refractivity contribution < 1.29 is 0 Å². The van der Waals surface area contributed by atoms with Gasteiger partial charge in [-0.1, -0.05) is 121 Å². The van der Waals surface area contributed by atoms with Gasteiger partial charge in [0.25, 0.3) is 0 Å². The first-order valence-electron chi connectivity index (χ1n) is 15.2. The summed E-state index contributed by atoms with van der Waals surface area (Å²) in [6.07, 6.45) is 5.53. The van der Waals surface area contributed by atoms with E-state index in [1.54, 1.807) is 6.20 Å². The highest BCUT2D eigenvalue weighted by Gasteiger charge is 2.16. The van der Waals surface area contributed by atoms with Crippen LogP contribution in [0.25, 0.3) is 78.4 Å². The SMILES string of the molecule is c1ccc(-c2ccc(-c3nc(-c4ccccc4)nc(-c4ccc(-c5ccc(-c6cccnc6)nc5)c5ccccc45)n3)cc2)cc1. The van der Waals surface area contributed by atoms with E-state index in [0.717, 1.165) is 55.4 Å². The first-order valence-corrected chi connectivity index (χ1v) is 15.2. The van der Waals surface area contributed by atoms with Crippen molar-refractivity contribution in [1.82, 2.24) is 24.9 Å². The predicted octanol–water partition coefficient (Wildman–Crippen LogP) is 9.82. The monoisotopic (exact) mass is 589 g/mol. The summed E-state index contributed by atoms with van der Waals surface area (Å²) >= 11 is 0. The van der Waals surface area contributed by atoms with Crippen LogP contribution in [-0.2, 0) is 0 Å². The van der Waals surface area contributed by atoms with E-state index in [4.69, 9.17) is 19.9 Å². The second kappa shape index (κ2) is 12.0. The highest BCUT2D eigenvalue weighted by atomic mass is 15.0. The van der Waals surface area contributed by atoms with Crippen LogP contribution in [0.5, 0.6) is 0 Å². The normalized spacial score (nSPS) is 11.0. The number of nitrogens with zero attached hydrogens (tertiary/aromatic N) is 5. The molecule has 8 rings (SSSR count). The highest BCUT2D eigenvalue weighted by molar-refractivity contribution is 6.04. The molecule has 0 N–H and O–H groups in total. The van der Waals surface area contributed by atoms with Gasteiger partial charge in [-0.05, 0) is 51.7 Å². The van der Waals surface area contributed by atoms with Gasteiger partial charge in [0, 0.05) is 46.4 Å². The molecule has 0 amide bonds. The van der Waals surface area contributed by atoms with Crippen molar-refractivity contribution in [3.8, 4) is 67.7 Å². The summed E-state index contributed by atoms with van der Waals surface area (Å²) in [5.74, 6) is 1.90. The Balaban J connectivity index is 1.24. The number of pyridine rings is 2. The van der Waals surface area contributed by atoms with Crippen LogP contribution in [0.3, 0.4) is 0 Å². The van der Waals surface area contributed by atoms with E-state index in [1.807, 2.05) is 67.0 Å². The molecule has 0 bridgehead atoms. The number of aromatic nitrogens is 5. The minimum atomic E-state index is 0.629. The number of hydrogen-bond acceptors (Lipinski definition) is 5. The van der Waals surface area contributed by atoms with Crippen LogP contribution < -0.4 is 0 Å². The van der Waals surface area contributed by atoms with Crippen LogP contribution in [0.1, 0.15) is 0 Å². The summed E-state index contributed by atoms with van der Waals surface area (Å²) < 4.78 is 0. The molecule has 5 nitrogen and oxygen atoms in total. The molecule has 46 heavy (non-hydrogen) atoms. The maximum Gasteiger partial charge on any atom is 0.164 e. The van der Waals surface area contributed by atoms with Crippen molar-refractivity contribution in [2.24, 2.45) is 0 Å². The Morgan fingerprint density at radius 1 is 0.326 bits per heavy atom. The predicted molar refractivity (Wildman–Crippen MR) is 186 cm³/mol. The van der Waals surface area contributed by atoms with Gasteiger partial charge < -0.3 is 0 Å². The Morgan fingerprint density at radius 2 is 0.848 bits per heavy atom. The van der Waals surface area contributed by atoms with E-state index in [1.165, 1.54) is 5.56 Å². The quantitative estimate of drug-likeness (QED) is 0.193. The lowest BCUT2D eigenvalue weighted by molar-refractivity contribution is 1.08. The van der Waals surface area contributed by atoms with Crippen molar-refractivity contribution in [2.45, 2.75) is 0 Å². The van der Waals surface area contributed by atoms with E-state index in [9.17, 15) is 0 Å². The van der Waals surface area contributed by atoms with E-state index in [0.29, 0.717) is 17.5 Å². The van der Waals surface area contributed by atoms with Crippen LogP contribution in [0.15, 0.2) is 164 Å². The third-order valence-electron chi connectivity index (χ3n) is 8.11. The van der Waals surface area contributed by atoms with Crippen LogP contribution in [0.2, 0.25) is 0 Å². The largest absolute Gasteiger partial charge is 0.264 e. The number of hydrogen-bond donors (Lipinski definition) is 0. The number of fused-ring (bicyclic) bond motifs is 1. The van der Waals surface area contributed by atoms with Crippen molar-refractivity contribution in [3.05, 3.63) is 164 Å². The van der Waals surface area contributed by atoms with Crippen LogP contribution in [0.4, 0.5) is 0 Å². The fourth-order valence-corrected chi connectivity index (χ4v) is 5.77. The zero-order chi connectivity index (χ0) is 30.7. The highest BCUT2D eigenvalue weighted by Crippen LogP contribution is 2.36.